The maximum Gasteiger partial charge on any atom is 0.337 e. The van der Waals surface area contributed by atoms with Crippen LogP contribution in [0.2, 0.25) is 5.02 Å². The first-order valence-corrected chi connectivity index (χ1v) is 10.0. The Morgan fingerprint density at radius 3 is 2.39 bits per heavy atom. The Labute approximate surface area is 166 Å². The maximum atomic E-state index is 13.0. The van der Waals surface area contributed by atoms with Gasteiger partial charge < -0.3 is 10.1 Å². The van der Waals surface area contributed by atoms with Crippen LogP contribution in [0.25, 0.3) is 0 Å². The number of methoxy groups -OCH3 is 1. The maximum absolute atomic E-state index is 13.0. The number of carbonyl (C=O) groups is 2. The van der Waals surface area contributed by atoms with Gasteiger partial charge in [-0.1, -0.05) is 18.5 Å². The Hall–Kier alpha value is -2.49. The Bertz CT molecular complexity index is 980. The molecule has 0 saturated carbocycles. The van der Waals surface area contributed by atoms with Gasteiger partial charge >= 0.3 is 5.97 Å². The minimum Gasteiger partial charge on any atom is -0.465 e. The fourth-order valence-electron chi connectivity index (χ4n) is 2.28. The second kappa shape index (κ2) is 9.13. The van der Waals surface area contributed by atoms with Crippen molar-refractivity contribution in [2.24, 2.45) is 0 Å². The summed E-state index contributed by atoms with van der Waals surface area (Å²) in [6.07, 6.45) is 0.139. The third-order valence-electron chi connectivity index (χ3n) is 3.79. The standard InChI is InChI=1S/C18H18ClFN2O5S/c1-3-15(22-28(25,26)13-7-5-12(20)6-8-13)17(23)21-16-10-11(18(24)27-2)4-9-14(16)19/h4-10,15,22H,3H2,1-2H3,(H,21,23). The quantitative estimate of drug-likeness (QED) is 0.660. The van der Waals surface area contributed by atoms with Gasteiger partial charge in [0.15, 0.2) is 0 Å². The van der Waals surface area contributed by atoms with Gasteiger partial charge in [0.1, 0.15) is 11.9 Å². The highest BCUT2D eigenvalue weighted by molar-refractivity contribution is 7.89. The van der Waals surface area contributed by atoms with Crippen molar-refractivity contribution in [1.82, 2.24) is 4.72 Å². The van der Waals surface area contributed by atoms with Gasteiger partial charge in [-0.3, -0.25) is 4.79 Å². The van der Waals surface area contributed by atoms with Crippen molar-refractivity contribution in [3.05, 3.63) is 58.9 Å². The van der Waals surface area contributed by atoms with E-state index in [1.54, 1.807) is 6.92 Å². The molecular weight excluding hydrogens is 411 g/mol. The molecule has 2 aromatic rings. The number of nitrogens with one attached hydrogen (secondary N) is 2. The first-order chi connectivity index (χ1) is 13.2. The van der Waals surface area contributed by atoms with Crippen LogP contribution in [0, 0.1) is 5.82 Å². The normalized spacial score (nSPS) is 12.3. The lowest BCUT2D eigenvalue weighted by Gasteiger charge is -2.18. The van der Waals surface area contributed by atoms with E-state index in [9.17, 15) is 22.4 Å². The van der Waals surface area contributed by atoms with E-state index in [-0.39, 0.29) is 27.6 Å². The number of benzene rings is 2. The first-order valence-electron chi connectivity index (χ1n) is 8.14. The van der Waals surface area contributed by atoms with Gasteiger partial charge in [0.05, 0.1) is 28.3 Å². The van der Waals surface area contributed by atoms with Crippen molar-refractivity contribution in [3.63, 3.8) is 0 Å². The van der Waals surface area contributed by atoms with Crippen LogP contribution >= 0.6 is 11.6 Å². The molecule has 0 bridgehead atoms. The Balaban J connectivity index is 2.20. The molecule has 0 aliphatic heterocycles. The van der Waals surface area contributed by atoms with Crippen molar-refractivity contribution in [1.29, 1.82) is 0 Å². The number of ether oxygens (including phenoxy) is 1. The molecule has 10 heteroatoms. The third kappa shape index (κ3) is 5.28. The summed E-state index contributed by atoms with van der Waals surface area (Å²) < 4.78 is 44.7. The van der Waals surface area contributed by atoms with E-state index >= 15 is 0 Å². The van der Waals surface area contributed by atoms with Crippen LogP contribution in [0.3, 0.4) is 0 Å². The van der Waals surface area contributed by atoms with E-state index in [0.717, 1.165) is 24.3 Å². The predicted molar refractivity (Wildman–Crippen MR) is 102 cm³/mol. The number of sulfonamides is 1. The highest BCUT2D eigenvalue weighted by atomic mass is 35.5. The molecule has 1 unspecified atom stereocenters. The topological polar surface area (TPSA) is 102 Å². The third-order valence-corrected chi connectivity index (χ3v) is 5.61. The lowest BCUT2D eigenvalue weighted by Crippen LogP contribution is -2.43. The molecule has 0 radical (unpaired) electrons. The number of halogens is 2. The zero-order valence-corrected chi connectivity index (χ0v) is 16.6. The van der Waals surface area contributed by atoms with Crippen LogP contribution < -0.4 is 10.0 Å². The molecule has 2 N–H and O–H groups in total. The number of hydrogen-bond donors (Lipinski definition) is 2. The summed E-state index contributed by atoms with van der Waals surface area (Å²) in [7, 11) is -2.83. The van der Waals surface area contributed by atoms with Crippen LogP contribution in [0.15, 0.2) is 47.4 Å². The summed E-state index contributed by atoms with van der Waals surface area (Å²) in [6.45, 7) is 1.61. The smallest absolute Gasteiger partial charge is 0.337 e. The van der Waals surface area contributed by atoms with Crippen molar-refractivity contribution < 1.29 is 27.1 Å². The molecule has 1 amide bonds. The monoisotopic (exact) mass is 428 g/mol. The van der Waals surface area contributed by atoms with E-state index in [1.165, 1.54) is 25.3 Å². The van der Waals surface area contributed by atoms with Crippen molar-refractivity contribution in [2.75, 3.05) is 12.4 Å². The SMILES string of the molecule is CCC(NS(=O)(=O)c1ccc(F)cc1)C(=O)Nc1cc(C(=O)OC)ccc1Cl. The molecule has 0 aromatic heterocycles. The van der Waals surface area contributed by atoms with E-state index in [2.05, 4.69) is 14.8 Å². The molecular formula is C18H18ClFN2O5S. The second-order valence-corrected chi connectivity index (χ2v) is 7.83. The number of rotatable bonds is 7. The largest absolute Gasteiger partial charge is 0.465 e. The molecule has 0 fully saturated rings. The Kier molecular flexibility index (Phi) is 7.11. The molecule has 0 aliphatic carbocycles. The average Bonchev–Trinajstić information content (AvgIpc) is 2.67. The molecule has 150 valence electrons. The molecule has 1 atom stereocenters. The van der Waals surface area contributed by atoms with Gasteiger partial charge in [-0.2, -0.15) is 4.72 Å². The molecule has 2 aromatic carbocycles. The number of anilines is 1. The summed E-state index contributed by atoms with van der Waals surface area (Å²) in [5, 5.41) is 2.66. The summed E-state index contributed by atoms with van der Waals surface area (Å²) >= 11 is 6.04. The van der Waals surface area contributed by atoms with E-state index in [1.807, 2.05) is 0 Å². The lowest BCUT2D eigenvalue weighted by atomic mass is 10.2. The predicted octanol–water partition coefficient (Wildman–Crippen LogP) is 2.96. The molecule has 0 spiro atoms. The average molecular weight is 429 g/mol. The van der Waals surface area contributed by atoms with Gasteiger partial charge in [0.2, 0.25) is 15.9 Å². The Morgan fingerprint density at radius 1 is 1.18 bits per heavy atom. The van der Waals surface area contributed by atoms with Crippen molar-refractivity contribution >= 4 is 39.2 Å². The minimum atomic E-state index is -4.05. The van der Waals surface area contributed by atoms with E-state index in [0.29, 0.717) is 0 Å². The summed E-state index contributed by atoms with van der Waals surface area (Å²) in [5.74, 6) is -1.86. The molecule has 28 heavy (non-hydrogen) atoms. The fraction of sp³-hybridized carbons (Fsp3) is 0.222. The molecule has 0 heterocycles. The van der Waals surface area contributed by atoms with Gasteiger partial charge in [0, 0.05) is 0 Å². The lowest BCUT2D eigenvalue weighted by molar-refractivity contribution is -0.117. The molecule has 0 aliphatic rings. The summed E-state index contributed by atoms with van der Waals surface area (Å²) in [6, 6.07) is 7.26. The highest BCUT2D eigenvalue weighted by Crippen LogP contribution is 2.24. The minimum absolute atomic E-state index is 0.133. The molecule has 0 saturated heterocycles. The van der Waals surface area contributed by atoms with Gasteiger partial charge in [0.25, 0.3) is 0 Å². The van der Waals surface area contributed by atoms with Crippen LogP contribution in [-0.4, -0.2) is 33.4 Å². The van der Waals surface area contributed by atoms with Gasteiger partial charge in [-0.05, 0) is 48.9 Å². The van der Waals surface area contributed by atoms with Crippen LogP contribution in [0.1, 0.15) is 23.7 Å². The van der Waals surface area contributed by atoms with Crippen LogP contribution in [0.5, 0.6) is 0 Å². The highest BCUT2D eigenvalue weighted by Gasteiger charge is 2.25. The first kappa shape index (κ1) is 21.8. The van der Waals surface area contributed by atoms with Gasteiger partial charge in [-0.15, -0.1) is 0 Å². The summed E-state index contributed by atoms with van der Waals surface area (Å²) in [5.41, 5.74) is 0.302. The van der Waals surface area contributed by atoms with E-state index < -0.39 is 33.8 Å². The Morgan fingerprint density at radius 2 is 1.82 bits per heavy atom. The summed E-state index contributed by atoms with van der Waals surface area (Å²) in [4.78, 5) is 24.0. The van der Waals surface area contributed by atoms with Gasteiger partial charge in [-0.25, -0.2) is 17.6 Å². The number of carbonyl (C=O) groups excluding carboxylic acids is 2. The number of esters is 1. The number of amides is 1. The zero-order chi connectivity index (χ0) is 20.9. The van der Waals surface area contributed by atoms with E-state index in [4.69, 9.17) is 11.6 Å². The van der Waals surface area contributed by atoms with Crippen LogP contribution in [-0.2, 0) is 19.6 Å². The van der Waals surface area contributed by atoms with Crippen molar-refractivity contribution in [3.8, 4) is 0 Å². The second-order valence-electron chi connectivity index (χ2n) is 5.71. The van der Waals surface area contributed by atoms with Crippen molar-refractivity contribution in [2.45, 2.75) is 24.3 Å². The fourth-order valence-corrected chi connectivity index (χ4v) is 3.72. The molecule has 7 nitrogen and oxygen atoms in total. The van der Waals surface area contributed by atoms with Crippen LogP contribution in [0.4, 0.5) is 10.1 Å². The molecule has 2 rings (SSSR count). The zero-order valence-electron chi connectivity index (χ0n) is 15.0. The number of hydrogen-bond acceptors (Lipinski definition) is 5.